The summed E-state index contributed by atoms with van der Waals surface area (Å²) in [7, 11) is 0. The number of hydrogen-bond donors (Lipinski definition) is 1. The van der Waals surface area contributed by atoms with Gasteiger partial charge in [0.05, 0.1) is 0 Å². The van der Waals surface area contributed by atoms with Gasteiger partial charge < -0.3 is 5.11 Å². The van der Waals surface area contributed by atoms with E-state index in [4.69, 9.17) is 0 Å². The van der Waals surface area contributed by atoms with Crippen LogP contribution in [0, 0.1) is 0 Å². The molecule has 0 bridgehead atoms. The van der Waals surface area contributed by atoms with Crippen LogP contribution in [0.4, 0.5) is 8.78 Å². The summed E-state index contributed by atoms with van der Waals surface area (Å²) < 4.78 is 27.8. The topological polar surface area (TPSA) is 80.9 Å². The second kappa shape index (κ2) is 3.94. The average Bonchev–Trinajstić information content (AvgIpc) is 2.82. The van der Waals surface area contributed by atoms with Crippen LogP contribution >= 0.6 is 0 Å². The Hall–Kier alpha value is -1.60. The summed E-state index contributed by atoms with van der Waals surface area (Å²) in [6, 6.07) is 0. The van der Waals surface area contributed by atoms with E-state index in [9.17, 15) is 18.7 Å². The van der Waals surface area contributed by atoms with Gasteiger partial charge in [0.15, 0.2) is 11.4 Å². The van der Waals surface area contributed by atoms with E-state index in [2.05, 4.69) is 15.5 Å². The second-order valence-electron chi connectivity index (χ2n) is 5.43. The number of rotatable bonds is 3. The van der Waals surface area contributed by atoms with Crippen molar-refractivity contribution in [3.63, 3.8) is 0 Å². The van der Waals surface area contributed by atoms with E-state index < -0.39 is 23.3 Å². The predicted molar refractivity (Wildman–Crippen MR) is 58.8 cm³/mol. The maximum atomic E-state index is 13.3. The maximum absolute atomic E-state index is 13.3. The number of carbonyl (C=O) groups is 1. The summed E-state index contributed by atoms with van der Waals surface area (Å²) in [4.78, 5) is 11.4. The zero-order valence-corrected chi connectivity index (χ0v) is 10.2. The smallest absolute Gasteiger partial charge is 0.331 e. The highest BCUT2D eigenvalue weighted by molar-refractivity contribution is 5.77. The van der Waals surface area contributed by atoms with Gasteiger partial charge in [-0.1, -0.05) is 0 Å². The summed E-state index contributed by atoms with van der Waals surface area (Å²) in [5, 5.41) is 20.4. The molecule has 1 unspecified atom stereocenters. The van der Waals surface area contributed by atoms with Gasteiger partial charge in [0.25, 0.3) is 0 Å². The largest absolute Gasteiger partial charge is 0.479 e. The number of halogens is 2. The zero-order chi connectivity index (χ0) is 13.7. The van der Waals surface area contributed by atoms with Crippen LogP contribution in [0.5, 0.6) is 0 Å². The molecule has 3 rings (SSSR count). The number of nitrogens with zero attached hydrogens (tertiary/aromatic N) is 4. The first-order chi connectivity index (χ1) is 8.95. The first kappa shape index (κ1) is 12.4. The van der Waals surface area contributed by atoms with Gasteiger partial charge in [-0.25, -0.2) is 18.3 Å². The quantitative estimate of drug-likeness (QED) is 0.902. The van der Waals surface area contributed by atoms with Gasteiger partial charge in [0.1, 0.15) is 0 Å². The van der Waals surface area contributed by atoms with Crippen molar-refractivity contribution >= 4 is 5.97 Å². The molecule has 104 valence electrons. The number of aliphatic carboxylic acids is 1. The summed E-state index contributed by atoms with van der Waals surface area (Å²) >= 11 is 0. The van der Waals surface area contributed by atoms with E-state index in [0.717, 1.165) is 6.42 Å². The fraction of sp³-hybridized carbons (Fsp3) is 0.818. The predicted octanol–water partition coefficient (Wildman–Crippen LogP) is 1.54. The van der Waals surface area contributed by atoms with E-state index in [1.54, 1.807) is 0 Å². The molecule has 8 heteroatoms. The van der Waals surface area contributed by atoms with Crippen LogP contribution in [0.15, 0.2) is 0 Å². The Labute approximate surface area is 107 Å². The molecule has 1 atom stereocenters. The first-order valence-electron chi connectivity index (χ1n) is 6.35. The minimum Gasteiger partial charge on any atom is -0.479 e. The van der Waals surface area contributed by atoms with Crippen LogP contribution in [-0.2, 0) is 10.3 Å². The molecule has 2 aliphatic carbocycles. The molecular weight excluding hydrogens is 258 g/mol. The summed E-state index contributed by atoms with van der Waals surface area (Å²) in [6.07, 6.45) is 1.48. The highest BCUT2D eigenvalue weighted by atomic mass is 19.3. The molecule has 0 amide bonds. The minimum atomic E-state index is -2.70. The lowest BCUT2D eigenvalue weighted by Crippen LogP contribution is -2.49. The number of tetrazole rings is 1. The summed E-state index contributed by atoms with van der Waals surface area (Å²) in [6.45, 7) is 0. The third kappa shape index (κ3) is 1.81. The molecule has 6 nitrogen and oxygen atoms in total. The van der Waals surface area contributed by atoms with Crippen molar-refractivity contribution in [2.75, 3.05) is 0 Å². The van der Waals surface area contributed by atoms with Gasteiger partial charge in [-0.3, -0.25) is 0 Å². The van der Waals surface area contributed by atoms with Crippen molar-refractivity contribution in [3.05, 3.63) is 5.82 Å². The van der Waals surface area contributed by atoms with Crippen LogP contribution in [0.2, 0.25) is 0 Å². The second-order valence-corrected chi connectivity index (χ2v) is 5.43. The molecule has 2 fully saturated rings. The number of hydrogen-bond acceptors (Lipinski definition) is 4. The molecule has 1 aromatic rings. The van der Waals surface area contributed by atoms with Gasteiger partial charge in [0, 0.05) is 18.8 Å². The third-order valence-electron chi connectivity index (χ3n) is 4.25. The molecule has 0 aromatic carbocycles. The van der Waals surface area contributed by atoms with Crippen molar-refractivity contribution in [1.82, 2.24) is 20.2 Å². The normalized spacial score (nSPS) is 28.0. The first-order valence-corrected chi connectivity index (χ1v) is 6.35. The number of aromatic nitrogens is 4. The lowest BCUT2D eigenvalue weighted by atomic mass is 9.76. The number of carboxylic acids is 1. The van der Waals surface area contributed by atoms with Gasteiger partial charge in [-0.2, -0.15) is 0 Å². The monoisotopic (exact) mass is 272 g/mol. The van der Waals surface area contributed by atoms with E-state index in [-0.39, 0.29) is 12.8 Å². The fourth-order valence-electron chi connectivity index (χ4n) is 2.95. The molecule has 2 saturated carbocycles. The van der Waals surface area contributed by atoms with E-state index in [0.29, 0.717) is 25.1 Å². The van der Waals surface area contributed by atoms with Crippen molar-refractivity contribution in [1.29, 1.82) is 0 Å². The summed E-state index contributed by atoms with van der Waals surface area (Å²) in [5.74, 6) is -3.85. The number of carboxylic acid groups (broad SMARTS) is 1. The Morgan fingerprint density at radius 2 is 2.11 bits per heavy atom. The molecule has 1 aromatic heterocycles. The fourth-order valence-corrected chi connectivity index (χ4v) is 2.95. The van der Waals surface area contributed by atoms with Crippen molar-refractivity contribution in [2.45, 2.75) is 55.9 Å². The molecule has 1 N–H and O–H groups in total. The molecule has 2 aliphatic rings. The molecule has 0 spiro atoms. The lowest BCUT2D eigenvalue weighted by molar-refractivity contribution is -0.153. The highest BCUT2D eigenvalue weighted by Crippen LogP contribution is 2.46. The number of alkyl halides is 2. The highest BCUT2D eigenvalue weighted by Gasteiger charge is 2.51. The van der Waals surface area contributed by atoms with Gasteiger partial charge in [-0.05, 0) is 36.1 Å². The Bertz CT molecular complexity index is 513. The minimum absolute atomic E-state index is 0.190. The van der Waals surface area contributed by atoms with E-state index >= 15 is 0 Å². The van der Waals surface area contributed by atoms with Crippen LogP contribution in [0.1, 0.15) is 50.3 Å². The SMILES string of the molecule is O=C(O)C1(n2nnnc2C2CCC(F)(F)C2)CCC1. The van der Waals surface area contributed by atoms with E-state index in [1.165, 1.54) is 4.68 Å². The van der Waals surface area contributed by atoms with Crippen LogP contribution < -0.4 is 0 Å². The standard InChI is InChI=1S/C11H14F2N4O2/c12-11(13)5-2-7(6-11)8-14-15-16-17(8)10(9(18)19)3-1-4-10/h7H,1-6H2,(H,18,19). The van der Waals surface area contributed by atoms with Crippen molar-refractivity contribution in [3.8, 4) is 0 Å². The van der Waals surface area contributed by atoms with Crippen LogP contribution in [-0.4, -0.2) is 37.2 Å². The molecule has 0 radical (unpaired) electrons. The maximum Gasteiger partial charge on any atom is 0.331 e. The lowest BCUT2D eigenvalue weighted by Gasteiger charge is -2.38. The van der Waals surface area contributed by atoms with Gasteiger partial charge in [-0.15, -0.1) is 5.10 Å². The Morgan fingerprint density at radius 3 is 2.58 bits per heavy atom. The average molecular weight is 272 g/mol. The Balaban J connectivity index is 1.93. The molecule has 0 saturated heterocycles. The summed E-state index contributed by atoms with van der Waals surface area (Å²) in [5.41, 5.74) is -1.13. The third-order valence-corrected chi connectivity index (χ3v) is 4.25. The molecule has 1 heterocycles. The zero-order valence-electron chi connectivity index (χ0n) is 10.2. The van der Waals surface area contributed by atoms with Gasteiger partial charge >= 0.3 is 5.97 Å². The van der Waals surface area contributed by atoms with Crippen LogP contribution in [0.3, 0.4) is 0 Å². The van der Waals surface area contributed by atoms with Gasteiger partial charge in [0.2, 0.25) is 5.92 Å². The van der Waals surface area contributed by atoms with Crippen LogP contribution in [0.25, 0.3) is 0 Å². The molecular formula is C11H14F2N4O2. The molecule has 0 aliphatic heterocycles. The Kier molecular flexibility index (Phi) is 2.58. The Morgan fingerprint density at radius 1 is 1.37 bits per heavy atom. The van der Waals surface area contributed by atoms with Crippen molar-refractivity contribution < 1.29 is 18.7 Å². The van der Waals surface area contributed by atoms with Crippen molar-refractivity contribution in [2.24, 2.45) is 0 Å². The van der Waals surface area contributed by atoms with E-state index in [1.807, 2.05) is 0 Å². The molecule has 19 heavy (non-hydrogen) atoms.